The molecule has 0 aromatic carbocycles. The van der Waals surface area contributed by atoms with Crippen molar-refractivity contribution in [1.82, 2.24) is 5.32 Å². The lowest BCUT2D eigenvalue weighted by Gasteiger charge is -2.24. The average molecular weight is 746 g/mol. The van der Waals surface area contributed by atoms with Gasteiger partial charge in [0.25, 0.3) is 0 Å². The number of unbranched alkanes of at least 4 members (excludes halogenated alkanes) is 24. The second kappa shape index (κ2) is 41.2. The number of ether oxygens (including phenoxy) is 1. The summed E-state index contributed by atoms with van der Waals surface area (Å²) in [7, 11) is 0. The van der Waals surface area contributed by atoms with Crippen LogP contribution in [0.25, 0.3) is 0 Å². The highest BCUT2D eigenvalue weighted by molar-refractivity contribution is 5.77. The first kappa shape index (κ1) is 51.1. The van der Waals surface area contributed by atoms with Crippen molar-refractivity contribution in [3.8, 4) is 0 Å². The van der Waals surface area contributed by atoms with Gasteiger partial charge in [-0.2, -0.15) is 0 Å². The zero-order valence-corrected chi connectivity index (χ0v) is 35.1. The molecule has 0 aromatic heterocycles. The lowest BCUT2D eigenvalue weighted by atomic mass is 10.0. The van der Waals surface area contributed by atoms with Crippen LogP contribution in [0, 0.1) is 0 Å². The number of hydrogen-bond acceptors (Lipinski definition) is 5. The second-order valence-electron chi connectivity index (χ2n) is 15.5. The van der Waals surface area contributed by atoms with Gasteiger partial charge in [0.2, 0.25) is 5.91 Å². The zero-order valence-electron chi connectivity index (χ0n) is 35.1. The number of esters is 1. The Kier molecular flexibility index (Phi) is 39.8. The van der Waals surface area contributed by atoms with Crippen LogP contribution in [-0.4, -0.2) is 46.9 Å². The molecule has 0 aliphatic heterocycles. The van der Waals surface area contributed by atoms with Crippen LogP contribution in [0.2, 0.25) is 0 Å². The van der Waals surface area contributed by atoms with E-state index >= 15 is 0 Å². The number of rotatable bonds is 40. The maximum absolute atomic E-state index is 13.1. The summed E-state index contributed by atoms with van der Waals surface area (Å²) in [6.45, 7) is 6.31. The Morgan fingerprint density at radius 2 is 1.02 bits per heavy atom. The van der Waals surface area contributed by atoms with E-state index in [1.807, 2.05) is 12.2 Å². The summed E-state index contributed by atoms with van der Waals surface area (Å²) in [6, 6.07) is -0.707. The van der Waals surface area contributed by atoms with Crippen LogP contribution < -0.4 is 5.32 Å². The standard InChI is InChI=1S/C47H87NO5/c1-4-7-10-13-16-19-22-23-25-27-30-33-36-39-45(50)44(42-49)48-46(51)41-43(38-35-32-29-26-24-20-17-14-11-8-5-2)53-47(52)40-37-34-31-28-21-18-15-12-9-6-3/h8,11,14,17,20,24,43-45,49-50H,4-7,9-10,12-13,15-16,18-19,21-23,25-42H2,1-3H3,(H,48,51)/b11-8+,17-14+,24-20-. The van der Waals surface area contributed by atoms with Crippen molar-refractivity contribution in [2.24, 2.45) is 0 Å². The van der Waals surface area contributed by atoms with E-state index in [0.29, 0.717) is 19.3 Å². The Bertz CT molecular complexity index is 884. The van der Waals surface area contributed by atoms with E-state index in [0.717, 1.165) is 70.6 Å². The fourth-order valence-electron chi connectivity index (χ4n) is 6.84. The van der Waals surface area contributed by atoms with E-state index in [1.54, 1.807) is 0 Å². The van der Waals surface area contributed by atoms with Gasteiger partial charge in [0, 0.05) is 6.42 Å². The number of amides is 1. The number of allylic oxidation sites excluding steroid dienone is 6. The van der Waals surface area contributed by atoms with Crippen molar-refractivity contribution in [3.05, 3.63) is 36.5 Å². The first-order chi connectivity index (χ1) is 26.0. The fraction of sp³-hybridized carbons (Fsp3) is 0.830. The summed E-state index contributed by atoms with van der Waals surface area (Å²) in [5.41, 5.74) is 0. The number of carbonyl (C=O) groups excluding carboxylic acids is 2. The van der Waals surface area contributed by atoms with Gasteiger partial charge in [-0.05, 0) is 44.9 Å². The third kappa shape index (κ3) is 36.8. The maximum atomic E-state index is 13.1. The largest absolute Gasteiger partial charge is 0.462 e. The fourth-order valence-corrected chi connectivity index (χ4v) is 6.84. The van der Waals surface area contributed by atoms with Crippen molar-refractivity contribution < 1.29 is 24.5 Å². The van der Waals surface area contributed by atoms with Gasteiger partial charge in [-0.15, -0.1) is 0 Å². The topological polar surface area (TPSA) is 95.9 Å². The molecule has 3 N–H and O–H groups in total. The molecule has 0 fully saturated rings. The van der Waals surface area contributed by atoms with Crippen LogP contribution in [0.1, 0.15) is 226 Å². The summed E-state index contributed by atoms with van der Waals surface area (Å²) in [6.07, 6.45) is 46.3. The molecule has 0 rings (SSSR count). The molecule has 6 heteroatoms. The van der Waals surface area contributed by atoms with Crippen LogP contribution in [0.3, 0.4) is 0 Å². The minimum atomic E-state index is -0.792. The van der Waals surface area contributed by atoms with Crippen LogP contribution in [-0.2, 0) is 14.3 Å². The molecule has 6 nitrogen and oxygen atoms in total. The molecule has 0 aliphatic carbocycles. The van der Waals surface area contributed by atoms with E-state index in [9.17, 15) is 19.8 Å². The van der Waals surface area contributed by atoms with E-state index in [2.05, 4.69) is 50.4 Å². The molecule has 0 aromatic rings. The number of hydrogen-bond donors (Lipinski definition) is 3. The van der Waals surface area contributed by atoms with Crippen LogP contribution in [0.5, 0.6) is 0 Å². The Labute approximate surface area is 328 Å². The molecule has 0 aliphatic rings. The number of aliphatic hydroxyl groups excluding tert-OH is 2. The van der Waals surface area contributed by atoms with Gasteiger partial charge in [-0.3, -0.25) is 9.59 Å². The summed E-state index contributed by atoms with van der Waals surface area (Å²) in [5.74, 6) is -0.507. The first-order valence-corrected chi connectivity index (χ1v) is 22.7. The number of carbonyl (C=O) groups is 2. The highest BCUT2D eigenvalue weighted by Crippen LogP contribution is 2.17. The van der Waals surface area contributed by atoms with Gasteiger partial charge >= 0.3 is 5.97 Å². The number of aliphatic hydroxyl groups is 2. The molecule has 310 valence electrons. The van der Waals surface area contributed by atoms with Crippen LogP contribution >= 0.6 is 0 Å². The molecule has 3 unspecified atom stereocenters. The summed E-state index contributed by atoms with van der Waals surface area (Å²) in [5, 5.41) is 23.6. The highest BCUT2D eigenvalue weighted by Gasteiger charge is 2.24. The SMILES string of the molecule is CC/C=C/C=C/C=C\CCCCCC(CC(=O)NC(CO)C(O)CCCCCCCCCCCCCCC)OC(=O)CCCCCCCCCCCC. The van der Waals surface area contributed by atoms with Crippen molar-refractivity contribution in [2.45, 2.75) is 244 Å². The predicted molar refractivity (Wildman–Crippen MR) is 227 cm³/mol. The van der Waals surface area contributed by atoms with Crippen molar-refractivity contribution in [1.29, 1.82) is 0 Å². The van der Waals surface area contributed by atoms with Crippen molar-refractivity contribution in [3.63, 3.8) is 0 Å². The van der Waals surface area contributed by atoms with E-state index in [4.69, 9.17) is 4.74 Å². The Hall–Kier alpha value is -1.92. The smallest absolute Gasteiger partial charge is 0.306 e. The minimum absolute atomic E-state index is 0.0572. The monoisotopic (exact) mass is 746 g/mol. The molecule has 0 heterocycles. The second-order valence-corrected chi connectivity index (χ2v) is 15.5. The van der Waals surface area contributed by atoms with E-state index in [1.165, 1.54) is 109 Å². The Morgan fingerprint density at radius 3 is 1.53 bits per heavy atom. The molecule has 1 amide bonds. The van der Waals surface area contributed by atoms with Gasteiger partial charge in [0.15, 0.2) is 0 Å². The van der Waals surface area contributed by atoms with Gasteiger partial charge in [0.05, 0.1) is 25.2 Å². The van der Waals surface area contributed by atoms with E-state index < -0.39 is 18.2 Å². The molecular formula is C47H87NO5. The van der Waals surface area contributed by atoms with Crippen LogP contribution in [0.4, 0.5) is 0 Å². The molecule has 3 atom stereocenters. The average Bonchev–Trinajstić information content (AvgIpc) is 3.15. The normalized spacial score (nSPS) is 13.7. The van der Waals surface area contributed by atoms with Gasteiger partial charge in [-0.25, -0.2) is 0 Å². The van der Waals surface area contributed by atoms with E-state index in [-0.39, 0.29) is 24.9 Å². The lowest BCUT2D eigenvalue weighted by Crippen LogP contribution is -2.46. The van der Waals surface area contributed by atoms with Crippen LogP contribution in [0.15, 0.2) is 36.5 Å². The third-order valence-electron chi connectivity index (χ3n) is 10.3. The van der Waals surface area contributed by atoms with Gasteiger partial charge < -0.3 is 20.3 Å². The molecule has 0 saturated heterocycles. The molecule has 0 saturated carbocycles. The van der Waals surface area contributed by atoms with Gasteiger partial charge in [0.1, 0.15) is 6.10 Å². The molecule has 0 spiro atoms. The molecular weight excluding hydrogens is 659 g/mol. The van der Waals surface area contributed by atoms with Crippen molar-refractivity contribution >= 4 is 11.9 Å². The molecule has 0 bridgehead atoms. The third-order valence-corrected chi connectivity index (χ3v) is 10.3. The molecule has 0 radical (unpaired) electrons. The Morgan fingerprint density at radius 1 is 0.566 bits per heavy atom. The lowest BCUT2D eigenvalue weighted by molar-refractivity contribution is -0.151. The summed E-state index contributed by atoms with van der Waals surface area (Å²) < 4.78 is 5.87. The van der Waals surface area contributed by atoms with Gasteiger partial charge in [-0.1, -0.05) is 205 Å². The molecule has 53 heavy (non-hydrogen) atoms. The Balaban J connectivity index is 4.58. The highest BCUT2D eigenvalue weighted by atomic mass is 16.5. The first-order valence-electron chi connectivity index (χ1n) is 22.7. The summed E-state index contributed by atoms with van der Waals surface area (Å²) in [4.78, 5) is 25.9. The minimum Gasteiger partial charge on any atom is -0.462 e. The van der Waals surface area contributed by atoms with Crippen molar-refractivity contribution in [2.75, 3.05) is 6.61 Å². The maximum Gasteiger partial charge on any atom is 0.306 e. The number of nitrogens with one attached hydrogen (secondary N) is 1. The predicted octanol–water partition coefficient (Wildman–Crippen LogP) is 12.9. The quantitative estimate of drug-likeness (QED) is 0.0330. The summed E-state index contributed by atoms with van der Waals surface area (Å²) >= 11 is 0. The zero-order chi connectivity index (χ0) is 38.9.